The minimum Gasteiger partial charge on any atom is -0.379 e. The molecule has 1 aromatic carbocycles. The summed E-state index contributed by atoms with van der Waals surface area (Å²) < 4.78 is 53.7. The molecule has 0 amide bonds. The summed E-state index contributed by atoms with van der Waals surface area (Å²) in [5.41, 5.74) is 0.0175. The Morgan fingerprint density at radius 3 is 2.35 bits per heavy atom. The van der Waals surface area contributed by atoms with Gasteiger partial charge in [0.15, 0.2) is 11.6 Å². The Bertz CT molecular complexity index is 361. The van der Waals surface area contributed by atoms with Gasteiger partial charge in [-0.2, -0.15) is 0 Å². The second kappa shape index (κ2) is 6.75. The molecule has 7 heteroatoms. The largest absolute Gasteiger partial charge is 0.483 e. The van der Waals surface area contributed by atoms with E-state index in [9.17, 15) is 13.2 Å². The molecule has 0 bridgehead atoms. The highest BCUT2D eigenvalue weighted by Gasteiger charge is 2.17. The van der Waals surface area contributed by atoms with Crippen LogP contribution in [0.4, 0.5) is 13.2 Å². The third kappa shape index (κ3) is 4.12. The molecule has 17 heavy (non-hydrogen) atoms. The van der Waals surface area contributed by atoms with Crippen LogP contribution in [0.1, 0.15) is 11.7 Å². The first-order valence-corrected chi connectivity index (χ1v) is 6.26. The van der Waals surface area contributed by atoms with Gasteiger partial charge in [-0.05, 0) is 17.7 Å². The molecule has 1 rings (SSSR count). The molecule has 0 N–H and O–H groups in total. The zero-order chi connectivity index (χ0) is 12.8. The van der Waals surface area contributed by atoms with Crippen molar-refractivity contribution in [2.45, 2.75) is 6.17 Å². The Hall–Kier alpha value is -0.893. The van der Waals surface area contributed by atoms with Crippen LogP contribution in [0.15, 0.2) is 18.2 Å². The number of alkyl halides is 1. The van der Waals surface area contributed by atoms with Crippen LogP contribution in [-0.2, 0) is 13.3 Å². The van der Waals surface area contributed by atoms with Gasteiger partial charge < -0.3 is 13.3 Å². The molecular formula is C10H13F3O3Si. The highest BCUT2D eigenvalue weighted by atomic mass is 28.3. The molecule has 0 saturated carbocycles. The summed E-state index contributed by atoms with van der Waals surface area (Å²) in [7, 11) is 0.486. The summed E-state index contributed by atoms with van der Waals surface area (Å²) in [6.45, 7) is -0.316. The van der Waals surface area contributed by atoms with Crippen molar-refractivity contribution < 1.29 is 26.4 Å². The van der Waals surface area contributed by atoms with E-state index in [1.54, 1.807) is 0 Å². The van der Waals surface area contributed by atoms with Crippen molar-refractivity contribution in [3.63, 3.8) is 0 Å². The average molecular weight is 266 g/mol. The van der Waals surface area contributed by atoms with Crippen LogP contribution in [0.5, 0.6) is 0 Å². The summed E-state index contributed by atoms with van der Waals surface area (Å²) in [5, 5.41) is 0. The molecule has 0 radical (unpaired) electrons. The first-order chi connectivity index (χ1) is 8.08. The van der Waals surface area contributed by atoms with Crippen LogP contribution in [0.25, 0.3) is 0 Å². The minimum atomic E-state index is -2.30. The monoisotopic (exact) mass is 266 g/mol. The number of hydrogen-bond donors (Lipinski definition) is 0. The fourth-order valence-electron chi connectivity index (χ4n) is 1.20. The highest BCUT2D eigenvalue weighted by Crippen LogP contribution is 2.20. The summed E-state index contributed by atoms with van der Waals surface area (Å²) >= 11 is 0. The summed E-state index contributed by atoms with van der Waals surface area (Å²) in [6.07, 6.45) is -1.55. The van der Waals surface area contributed by atoms with Crippen molar-refractivity contribution in [1.29, 1.82) is 0 Å². The lowest BCUT2D eigenvalue weighted by Crippen LogP contribution is -2.25. The molecule has 3 nitrogen and oxygen atoms in total. The quantitative estimate of drug-likeness (QED) is 0.737. The molecular weight excluding hydrogens is 253 g/mol. The van der Waals surface area contributed by atoms with E-state index in [1.165, 1.54) is 20.3 Å². The molecule has 0 aromatic heterocycles. The molecule has 0 saturated heterocycles. The zero-order valence-corrected chi connectivity index (χ0v) is 10.6. The molecule has 0 heterocycles. The van der Waals surface area contributed by atoms with Gasteiger partial charge in [0, 0.05) is 14.2 Å². The van der Waals surface area contributed by atoms with Gasteiger partial charge in [-0.1, -0.05) is 6.07 Å². The third-order valence-corrected chi connectivity index (χ3v) is 3.30. The Kier molecular flexibility index (Phi) is 5.62. The van der Waals surface area contributed by atoms with Gasteiger partial charge in [0.25, 0.3) is 0 Å². The van der Waals surface area contributed by atoms with Crippen molar-refractivity contribution in [2.24, 2.45) is 0 Å². The fourth-order valence-corrected chi connectivity index (χ4v) is 1.99. The predicted octanol–water partition coefficient (Wildman–Crippen LogP) is 2.00. The topological polar surface area (TPSA) is 27.7 Å². The lowest BCUT2D eigenvalue weighted by atomic mass is 10.1. The number of halogens is 3. The van der Waals surface area contributed by atoms with Crippen molar-refractivity contribution in [2.75, 3.05) is 20.8 Å². The van der Waals surface area contributed by atoms with E-state index in [1.807, 2.05) is 0 Å². The molecule has 1 atom stereocenters. The maximum absolute atomic E-state index is 13.6. The normalized spacial score (nSPS) is 13.1. The molecule has 1 unspecified atom stereocenters. The second-order valence-corrected chi connectivity index (χ2v) is 5.09. The van der Waals surface area contributed by atoms with E-state index >= 15 is 0 Å². The van der Waals surface area contributed by atoms with E-state index in [0.717, 1.165) is 12.1 Å². The van der Waals surface area contributed by atoms with Crippen LogP contribution in [-0.4, -0.2) is 30.4 Å². The highest BCUT2D eigenvalue weighted by molar-refractivity contribution is 6.36. The van der Waals surface area contributed by atoms with E-state index < -0.39 is 27.3 Å². The van der Waals surface area contributed by atoms with Crippen LogP contribution in [0.3, 0.4) is 0 Å². The first kappa shape index (κ1) is 14.2. The summed E-state index contributed by atoms with van der Waals surface area (Å²) in [6, 6.07) is 2.85. The summed E-state index contributed by atoms with van der Waals surface area (Å²) in [5.74, 6) is -2.10. The van der Waals surface area contributed by atoms with Crippen LogP contribution < -0.4 is 0 Å². The predicted molar refractivity (Wildman–Crippen MR) is 57.3 cm³/mol. The molecule has 1 aromatic rings. The molecule has 0 aliphatic heterocycles. The molecule has 0 aliphatic rings. The van der Waals surface area contributed by atoms with Gasteiger partial charge >= 0.3 is 9.53 Å². The van der Waals surface area contributed by atoms with E-state index in [0.29, 0.717) is 0 Å². The average Bonchev–Trinajstić information content (AvgIpc) is 2.33. The van der Waals surface area contributed by atoms with E-state index in [-0.39, 0.29) is 12.2 Å². The molecule has 0 spiro atoms. The van der Waals surface area contributed by atoms with E-state index in [4.69, 9.17) is 13.3 Å². The Morgan fingerprint density at radius 1 is 1.18 bits per heavy atom. The van der Waals surface area contributed by atoms with E-state index in [2.05, 4.69) is 0 Å². The van der Waals surface area contributed by atoms with Gasteiger partial charge in [0.2, 0.25) is 0 Å². The van der Waals surface area contributed by atoms with Crippen molar-refractivity contribution >= 4 is 9.53 Å². The number of benzene rings is 1. The molecule has 0 fully saturated rings. The van der Waals surface area contributed by atoms with Crippen LogP contribution in [0.2, 0.25) is 0 Å². The Labute approximate surface area is 99.1 Å². The van der Waals surface area contributed by atoms with Gasteiger partial charge in [-0.15, -0.1) is 0 Å². The maximum Gasteiger partial charge on any atom is 0.483 e. The molecule has 0 aliphatic carbocycles. The lowest BCUT2D eigenvalue weighted by Gasteiger charge is -2.14. The van der Waals surface area contributed by atoms with Gasteiger partial charge in [0.1, 0.15) is 6.17 Å². The lowest BCUT2D eigenvalue weighted by molar-refractivity contribution is 0.101. The number of hydrogen-bond acceptors (Lipinski definition) is 3. The van der Waals surface area contributed by atoms with Crippen molar-refractivity contribution in [3.8, 4) is 0 Å². The number of rotatable bonds is 6. The SMILES string of the molecule is CO[SiH](OC)OCC(F)c1ccc(F)c(F)c1. The van der Waals surface area contributed by atoms with Gasteiger partial charge in [0.05, 0.1) is 6.61 Å². The Morgan fingerprint density at radius 2 is 1.82 bits per heavy atom. The molecule has 96 valence electrons. The second-order valence-electron chi connectivity index (χ2n) is 3.23. The van der Waals surface area contributed by atoms with Crippen molar-refractivity contribution in [1.82, 2.24) is 0 Å². The first-order valence-electron chi connectivity index (χ1n) is 4.84. The maximum atomic E-state index is 13.6. The Balaban J connectivity index is 2.57. The van der Waals surface area contributed by atoms with Crippen LogP contribution in [0, 0.1) is 11.6 Å². The van der Waals surface area contributed by atoms with Gasteiger partial charge in [-0.3, -0.25) is 0 Å². The summed E-state index contributed by atoms with van der Waals surface area (Å²) in [4.78, 5) is 0. The van der Waals surface area contributed by atoms with Gasteiger partial charge in [-0.25, -0.2) is 13.2 Å². The smallest absolute Gasteiger partial charge is 0.379 e. The standard InChI is InChI=1S/C10H13F3O3Si/c1-14-17(15-2)16-6-10(13)7-3-4-8(11)9(12)5-7/h3-5,10,17H,6H2,1-2H3. The minimum absolute atomic E-state index is 0.0175. The fraction of sp³-hybridized carbons (Fsp3) is 0.400. The van der Waals surface area contributed by atoms with Crippen molar-refractivity contribution in [3.05, 3.63) is 35.4 Å². The van der Waals surface area contributed by atoms with Crippen LogP contribution >= 0.6 is 0 Å². The zero-order valence-electron chi connectivity index (χ0n) is 9.45. The third-order valence-electron chi connectivity index (χ3n) is 2.07.